The van der Waals surface area contributed by atoms with Gasteiger partial charge in [0, 0.05) is 0 Å². The van der Waals surface area contributed by atoms with Gasteiger partial charge < -0.3 is 4.74 Å². The van der Waals surface area contributed by atoms with Crippen molar-refractivity contribution in [2.75, 3.05) is 0 Å². The van der Waals surface area contributed by atoms with E-state index in [1.807, 2.05) is 12.1 Å². The summed E-state index contributed by atoms with van der Waals surface area (Å²) in [6.07, 6.45) is 29.8. The standard InChI is InChI=1S/C37H60O2/c1-3-5-6-8-30-11-15-32(16-12-30)17-19-33-21-25-35(26-22-33)37(38)39-36-27-23-34(24-28-36)20-18-31-13-9-29(7-4-2)10-14-31/h23-24,27-33,35H,3-22,25-26H2,1-2H3. The Labute approximate surface area is 241 Å². The number of carbonyl (C=O) groups is 1. The maximum Gasteiger partial charge on any atom is 0.314 e. The zero-order valence-corrected chi connectivity index (χ0v) is 25.6. The number of esters is 1. The molecule has 0 saturated heterocycles. The number of hydrogen-bond acceptors (Lipinski definition) is 2. The molecule has 0 bridgehead atoms. The maximum atomic E-state index is 12.9. The number of carbonyl (C=O) groups excluding carboxylic acids is 1. The van der Waals surface area contributed by atoms with Crippen LogP contribution in [0.5, 0.6) is 5.75 Å². The Bertz CT molecular complexity index is 789. The van der Waals surface area contributed by atoms with Crippen molar-refractivity contribution in [3.63, 3.8) is 0 Å². The molecule has 0 radical (unpaired) electrons. The van der Waals surface area contributed by atoms with Gasteiger partial charge in [0.25, 0.3) is 0 Å². The molecule has 39 heavy (non-hydrogen) atoms. The van der Waals surface area contributed by atoms with Crippen molar-refractivity contribution in [2.24, 2.45) is 35.5 Å². The summed E-state index contributed by atoms with van der Waals surface area (Å²) in [4.78, 5) is 12.9. The van der Waals surface area contributed by atoms with Crippen LogP contribution in [0.4, 0.5) is 0 Å². The van der Waals surface area contributed by atoms with Gasteiger partial charge >= 0.3 is 5.97 Å². The van der Waals surface area contributed by atoms with E-state index in [9.17, 15) is 4.79 Å². The van der Waals surface area contributed by atoms with Gasteiger partial charge in [0.05, 0.1) is 5.92 Å². The fourth-order valence-electron chi connectivity index (χ4n) is 8.16. The molecule has 0 N–H and O–H groups in total. The summed E-state index contributed by atoms with van der Waals surface area (Å²) in [5, 5.41) is 0. The van der Waals surface area contributed by atoms with E-state index in [0.29, 0.717) is 0 Å². The molecule has 0 spiro atoms. The van der Waals surface area contributed by atoms with Crippen molar-refractivity contribution in [2.45, 2.75) is 155 Å². The monoisotopic (exact) mass is 536 g/mol. The van der Waals surface area contributed by atoms with Crippen LogP contribution in [-0.4, -0.2) is 5.97 Å². The lowest BCUT2D eigenvalue weighted by molar-refractivity contribution is -0.140. The Balaban J connectivity index is 1.07. The summed E-state index contributed by atoms with van der Waals surface area (Å²) < 4.78 is 5.83. The third-order valence-electron chi connectivity index (χ3n) is 11.0. The number of unbranched alkanes of at least 4 members (excludes halogenated alkanes) is 2. The summed E-state index contributed by atoms with van der Waals surface area (Å²) in [7, 11) is 0. The molecule has 0 heterocycles. The van der Waals surface area contributed by atoms with Gasteiger partial charge in [0.15, 0.2) is 0 Å². The third-order valence-corrected chi connectivity index (χ3v) is 11.0. The quantitative estimate of drug-likeness (QED) is 0.134. The van der Waals surface area contributed by atoms with Crippen LogP contribution in [-0.2, 0) is 11.2 Å². The van der Waals surface area contributed by atoms with Crippen LogP contribution in [0, 0.1) is 35.5 Å². The van der Waals surface area contributed by atoms with E-state index in [1.54, 1.807) is 0 Å². The minimum atomic E-state index is 0.00596. The van der Waals surface area contributed by atoms with Gasteiger partial charge in [0.1, 0.15) is 5.75 Å². The predicted octanol–water partition coefficient (Wildman–Crippen LogP) is 11.1. The molecule has 0 aromatic heterocycles. The molecule has 3 aliphatic carbocycles. The molecule has 2 nitrogen and oxygen atoms in total. The predicted molar refractivity (Wildman–Crippen MR) is 165 cm³/mol. The topological polar surface area (TPSA) is 26.3 Å². The molecule has 4 rings (SSSR count). The van der Waals surface area contributed by atoms with Gasteiger partial charge in [-0.25, -0.2) is 0 Å². The van der Waals surface area contributed by atoms with Crippen LogP contribution in [0.1, 0.15) is 154 Å². The molecule has 0 unspecified atom stereocenters. The molecule has 0 aliphatic heterocycles. The summed E-state index contributed by atoms with van der Waals surface area (Å²) in [6, 6.07) is 8.41. The van der Waals surface area contributed by atoms with Crippen LogP contribution in [0.15, 0.2) is 24.3 Å². The van der Waals surface area contributed by atoms with Crippen molar-refractivity contribution in [3.05, 3.63) is 29.8 Å². The van der Waals surface area contributed by atoms with Crippen molar-refractivity contribution < 1.29 is 9.53 Å². The summed E-state index contributed by atoms with van der Waals surface area (Å²) in [6.45, 7) is 4.63. The van der Waals surface area contributed by atoms with Crippen LogP contribution in [0.2, 0.25) is 0 Å². The molecule has 1 aromatic rings. The highest BCUT2D eigenvalue weighted by Gasteiger charge is 2.29. The Morgan fingerprint density at radius 3 is 1.62 bits per heavy atom. The van der Waals surface area contributed by atoms with Crippen LogP contribution >= 0.6 is 0 Å². The number of benzene rings is 1. The smallest absolute Gasteiger partial charge is 0.314 e. The average Bonchev–Trinajstić information content (AvgIpc) is 2.98. The second-order valence-corrected chi connectivity index (χ2v) is 14.0. The molecule has 0 amide bonds. The minimum absolute atomic E-state index is 0.00596. The molecule has 3 fully saturated rings. The summed E-state index contributed by atoms with van der Waals surface area (Å²) >= 11 is 0. The van der Waals surface area contributed by atoms with Gasteiger partial charge in [-0.05, 0) is 85.8 Å². The van der Waals surface area contributed by atoms with E-state index in [-0.39, 0.29) is 11.9 Å². The molecular weight excluding hydrogens is 476 g/mol. The fraction of sp³-hybridized carbons (Fsp3) is 0.811. The van der Waals surface area contributed by atoms with Crippen LogP contribution < -0.4 is 4.74 Å². The molecular formula is C37H60O2. The highest BCUT2D eigenvalue weighted by molar-refractivity contribution is 5.75. The first kappa shape index (κ1) is 30.6. The summed E-state index contributed by atoms with van der Waals surface area (Å²) in [5.74, 6) is 5.55. The SMILES string of the molecule is CCCCCC1CCC(CCC2CCC(C(=O)Oc3ccc(CCC4CCC(CCC)CC4)cc3)CC2)CC1. The van der Waals surface area contributed by atoms with E-state index in [1.165, 1.54) is 128 Å². The van der Waals surface area contributed by atoms with E-state index in [2.05, 4.69) is 26.0 Å². The second kappa shape index (κ2) is 16.8. The first-order valence-corrected chi connectivity index (χ1v) is 17.4. The highest BCUT2D eigenvalue weighted by atomic mass is 16.5. The van der Waals surface area contributed by atoms with E-state index < -0.39 is 0 Å². The fourth-order valence-corrected chi connectivity index (χ4v) is 8.16. The molecule has 3 saturated carbocycles. The maximum absolute atomic E-state index is 12.9. The van der Waals surface area contributed by atoms with Crippen molar-refractivity contribution in [1.82, 2.24) is 0 Å². The van der Waals surface area contributed by atoms with Crippen molar-refractivity contribution in [1.29, 1.82) is 0 Å². The van der Waals surface area contributed by atoms with E-state index in [0.717, 1.165) is 54.6 Å². The minimum Gasteiger partial charge on any atom is -0.426 e. The van der Waals surface area contributed by atoms with Gasteiger partial charge in [-0.2, -0.15) is 0 Å². The molecule has 1 aromatic carbocycles. The Morgan fingerprint density at radius 2 is 1.08 bits per heavy atom. The Morgan fingerprint density at radius 1 is 0.590 bits per heavy atom. The van der Waals surface area contributed by atoms with Gasteiger partial charge in [-0.15, -0.1) is 0 Å². The number of ether oxygens (including phenoxy) is 1. The van der Waals surface area contributed by atoms with Gasteiger partial charge in [0.2, 0.25) is 0 Å². The van der Waals surface area contributed by atoms with Crippen molar-refractivity contribution in [3.8, 4) is 5.75 Å². The van der Waals surface area contributed by atoms with Crippen LogP contribution in [0.3, 0.4) is 0 Å². The summed E-state index contributed by atoms with van der Waals surface area (Å²) in [5.41, 5.74) is 1.39. The molecule has 0 atom stereocenters. The number of aryl methyl sites for hydroxylation is 1. The Hall–Kier alpha value is -1.31. The number of hydrogen-bond donors (Lipinski definition) is 0. The lowest BCUT2D eigenvalue weighted by Crippen LogP contribution is -2.26. The zero-order valence-electron chi connectivity index (χ0n) is 25.6. The van der Waals surface area contributed by atoms with E-state index >= 15 is 0 Å². The molecule has 220 valence electrons. The number of rotatable bonds is 14. The normalized spacial score (nSPS) is 29.7. The van der Waals surface area contributed by atoms with Gasteiger partial charge in [-0.1, -0.05) is 129 Å². The third kappa shape index (κ3) is 10.6. The highest BCUT2D eigenvalue weighted by Crippen LogP contribution is 2.38. The lowest BCUT2D eigenvalue weighted by Gasteiger charge is -2.31. The zero-order chi connectivity index (χ0) is 27.3. The average molecular weight is 537 g/mol. The first-order valence-electron chi connectivity index (χ1n) is 17.4. The van der Waals surface area contributed by atoms with Crippen molar-refractivity contribution >= 4 is 5.97 Å². The Kier molecular flexibility index (Phi) is 13.2. The second-order valence-electron chi connectivity index (χ2n) is 14.0. The largest absolute Gasteiger partial charge is 0.426 e. The van der Waals surface area contributed by atoms with Gasteiger partial charge in [-0.3, -0.25) is 4.79 Å². The first-order chi connectivity index (χ1) is 19.1. The molecule has 2 heteroatoms. The lowest BCUT2D eigenvalue weighted by atomic mass is 9.75. The van der Waals surface area contributed by atoms with E-state index in [4.69, 9.17) is 4.74 Å². The molecule has 3 aliphatic rings. The van der Waals surface area contributed by atoms with Crippen LogP contribution in [0.25, 0.3) is 0 Å².